The van der Waals surface area contributed by atoms with Crippen LogP contribution in [0.25, 0.3) is 0 Å². The molecular weight excluding hydrogens is 352 g/mol. The Morgan fingerprint density at radius 3 is 2.62 bits per heavy atom. The monoisotopic (exact) mass is 374 g/mol. The van der Waals surface area contributed by atoms with Crippen LogP contribution < -0.4 is 14.8 Å². The number of rotatable bonds is 6. The standard InChI is InChI=1S/C19H22N2O4S/c1-13(11-15-3-8-19-16(12-15)9-10-25-19)21-26(23,24)18-6-4-17(5-7-18)20-14(2)22/h3-8,12-13,21H,9-11H2,1-2H3,(H,20,22). The highest BCUT2D eigenvalue weighted by molar-refractivity contribution is 7.89. The Morgan fingerprint density at radius 2 is 1.92 bits per heavy atom. The smallest absolute Gasteiger partial charge is 0.240 e. The fourth-order valence-electron chi connectivity index (χ4n) is 3.02. The van der Waals surface area contributed by atoms with Gasteiger partial charge in [0.2, 0.25) is 15.9 Å². The largest absolute Gasteiger partial charge is 0.493 e. The first kappa shape index (κ1) is 18.4. The molecule has 1 heterocycles. The second kappa shape index (κ2) is 7.47. The number of sulfonamides is 1. The second-order valence-corrected chi connectivity index (χ2v) is 8.19. The number of anilines is 1. The molecule has 0 spiro atoms. The summed E-state index contributed by atoms with van der Waals surface area (Å²) in [5, 5.41) is 2.61. The number of benzene rings is 2. The van der Waals surface area contributed by atoms with E-state index in [4.69, 9.17) is 4.74 Å². The van der Waals surface area contributed by atoms with E-state index in [0.717, 1.165) is 17.7 Å². The first-order valence-electron chi connectivity index (χ1n) is 8.48. The van der Waals surface area contributed by atoms with E-state index in [2.05, 4.69) is 16.1 Å². The molecule has 0 fully saturated rings. The predicted octanol–water partition coefficient (Wildman–Crippen LogP) is 2.49. The maximum atomic E-state index is 12.5. The SMILES string of the molecule is CC(=O)Nc1ccc(S(=O)(=O)NC(C)Cc2ccc3c(c2)CCO3)cc1. The predicted molar refractivity (Wildman–Crippen MR) is 99.9 cm³/mol. The summed E-state index contributed by atoms with van der Waals surface area (Å²) in [6.07, 6.45) is 1.49. The summed E-state index contributed by atoms with van der Waals surface area (Å²) in [6.45, 7) is 3.95. The number of amides is 1. The van der Waals surface area contributed by atoms with Gasteiger partial charge in [-0.15, -0.1) is 0 Å². The van der Waals surface area contributed by atoms with Gasteiger partial charge in [0.05, 0.1) is 11.5 Å². The van der Waals surface area contributed by atoms with Gasteiger partial charge in [0.1, 0.15) is 5.75 Å². The van der Waals surface area contributed by atoms with Gasteiger partial charge in [0.25, 0.3) is 0 Å². The van der Waals surface area contributed by atoms with Gasteiger partial charge < -0.3 is 10.1 Å². The normalized spacial score (nSPS) is 14.4. The fourth-order valence-corrected chi connectivity index (χ4v) is 4.26. The summed E-state index contributed by atoms with van der Waals surface area (Å²) >= 11 is 0. The number of fused-ring (bicyclic) bond motifs is 1. The zero-order chi connectivity index (χ0) is 18.7. The van der Waals surface area contributed by atoms with Crippen molar-refractivity contribution >= 4 is 21.6 Å². The Morgan fingerprint density at radius 1 is 1.19 bits per heavy atom. The molecular formula is C19H22N2O4S. The maximum Gasteiger partial charge on any atom is 0.240 e. The first-order chi connectivity index (χ1) is 12.3. The zero-order valence-electron chi connectivity index (χ0n) is 14.8. The summed E-state index contributed by atoms with van der Waals surface area (Å²) in [5.74, 6) is 0.716. The molecule has 1 atom stereocenters. The molecule has 1 amide bonds. The summed E-state index contributed by atoms with van der Waals surface area (Å²) in [4.78, 5) is 11.2. The molecule has 6 nitrogen and oxygen atoms in total. The van der Waals surface area contributed by atoms with Crippen molar-refractivity contribution in [2.75, 3.05) is 11.9 Å². The molecule has 0 aliphatic carbocycles. The van der Waals surface area contributed by atoms with Crippen molar-refractivity contribution in [1.82, 2.24) is 4.72 Å². The molecule has 0 saturated heterocycles. The van der Waals surface area contributed by atoms with Gasteiger partial charge in [-0.25, -0.2) is 13.1 Å². The molecule has 0 saturated carbocycles. The lowest BCUT2D eigenvalue weighted by Crippen LogP contribution is -2.34. The molecule has 0 radical (unpaired) electrons. The number of carbonyl (C=O) groups excluding carboxylic acids is 1. The number of hydrogen-bond donors (Lipinski definition) is 2. The number of hydrogen-bond acceptors (Lipinski definition) is 4. The first-order valence-corrected chi connectivity index (χ1v) is 9.96. The third kappa shape index (κ3) is 4.42. The van der Waals surface area contributed by atoms with Crippen LogP contribution in [0.1, 0.15) is 25.0 Å². The van der Waals surface area contributed by atoms with Gasteiger partial charge in [-0.05, 0) is 54.8 Å². The van der Waals surface area contributed by atoms with E-state index in [9.17, 15) is 13.2 Å². The van der Waals surface area contributed by atoms with Crippen molar-refractivity contribution in [3.8, 4) is 5.75 Å². The molecule has 2 aromatic rings. The molecule has 7 heteroatoms. The lowest BCUT2D eigenvalue weighted by Gasteiger charge is -2.15. The highest BCUT2D eigenvalue weighted by Gasteiger charge is 2.19. The third-order valence-electron chi connectivity index (χ3n) is 4.14. The number of ether oxygens (including phenoxy) is 1. The van der Waals surface area contributed by atoms with Gasteiger partial charge in [-0.1, -0.05) is 12.1 Å². The molecule has 2 aromatic carbocycles. The van der Waals surface area contributed by atoms with Crippen molar-refractivity contribution < 1.29 is 17.9 Å². The van der Waals surface area contributed by atoms with Crippen LogP contribution in [0.4, 0.5) is 5.69 Å². The summed E-state index contributed by atoms with van der Waals surface area (Å²) in [7, 11) is -3.62. The van der Waals surface area contributed by atoms with Gasteiger partial charge in [0.15, 0.2) is 0 Å². The third-order valence-corrected chi connectivity index (χ3v) is 5.74. The Balaban J connectivity index is 1.65. The summed E-state index contributed by atoms with van der Waals surface area (Å²) < 4.78 is 33.3. The van der Waals surface area contributed by atoms with Gasteiger partial charge >= 0.3 is 0 Å². The van der Waals surface area contributed by atoms with Gasteiger partial charge in [-0.2, -0.15) is 0 Å². The van der Waals surface area contributed by atoms with Crippen molar-refractivity contribution in [3.05, 3.63) is 53.6 Å². The molecule has 2 N–H and O–H groups in total. The highest BCUT2D eigenvalue weighted by Crippen LogP contribution is 2.26. The van der Waals surface area contributed by atoms with E-state index in [1.165, 1.54) is 24.6 Å². The minimum absolute atomic E-state index is 0.167. The second-order valence-electron chi connectivity index (χ2n) is 6.47. The number of nitrogens with one attached hydrogen (secondary N) is 2. The van der Waals surface area contributed by atoms with Crippen LogP contribution in [-0.4, -0.2) is 27.0 Å². The lowest BCUT2D eigenvalue weighted by atomic mass is 10.0. The van der Waals surface area contributed by atoms with E-state index >= 15 is 0 Å². The molecule has 138 valence electrons. The van der Waals surface area contributed by atoms with Crippen LogP contribution in [0, 0.1) is 0 Å². The van der Waals surface area contributed by atoms with Crippen molar-refractivity contribution in [1.29, 1.82) is 0 Å². The minimum atomic E-state index is -3.62. The topological polar surface area (TPSA) is 84.5 Å². The average molecular weight is 374 g/mol. The Bertz CT molecular complexity index is 908. The Hall–Kier alpha value is -2.38. The molecule has 1 unspecified atom stereocenters. The van der Waals surface area contributed by atoms with Crippen LogP contribution in [0.2, 0.25) is 0 Å². The van der Waals surface area contributed by atoms with Gasteiger partial charge in [0, 0.05) is 25.1 Å². The molecule has 3 rings (SSSR count). The quantitative estimate of drug-likeness (QED) is 0.814. The van der Waals surface area contributed by atoms with E-state index in [1.807, 2.05) is 19.1 Å². The minimum Gasteiger partial charge on any atom is -0.493 e. The van der Waals surface area contributed by atoms with Crippen LogP contribution in [-0.2, 0) is 27.7 Å². The number of carbonyl (C=O) groups is 1. The van der Waals surface area contributed by atoms with Gasteiger partial charge in [-0.3, -0.25) is 4.79 Å². The molecule has 0 aromatic heterocycles. The average Bonchev–Trinajstić information content (AvgIpc) is 3.01. The van der Waals surface area contributed by atoms with E-state index < -0.39 is 10.0 Å². The Labute approximate surface area is 153 Å². The lowest BCUT2D eigenvalue weighted by molar-refractivity contribution is -0.114. The fraction of sp³-hybridized carbons (Fsp3) is 0.316. The zero-order valence-corrected chi connectivity index (χ0v) is 15.6. The van der Waals surface area contributed by atoms with Crippen molar-refractivity contribution in [2.45, 2.75) is 37.6 Å². The maximum absolute atomic E-state index is 12.5. The van der Waals surface area contributed by atoms with E-state index in [1.54, 1.807) is 12.1 Å². The van der Waals surface area contributed by atoms with E-state index in [0.29, 0.717) is 18.7 Å². The van der Waals surface area contributed by atoms with Crippen LogP contribution in [0.5, 0.6) is 5.75 Å². The Kier molecular flexibility index (Phi) is 5.29. The van der Waals surface area contributed by atoms with Crippen molar-refractivity contribution in [3.63, 3.8) is 0 Å². The molecule has 26 heavy (non-hydrogen) atoms. The molecule has 1 aliphatic rings. The van der Waals surface area contributed by atoms with E-state index in [-0.39, 0.29) is 16.8 Å². The molecule has 0 bridgehead atoms. The van der Waals surface area contributed by atoms with Crippen LogP contribution in [0.15, 0.2) is 47.4 Å². The molecule has 1 aliphatic heterocycles. The highest BCUT2D eigenvalue weighted by atomic mass is 32.2. The van der Waals surface area contributed by atoms with Crippen LogP contribution >= 0.6 is 0 Å². The van der Waals surface area contributed by atoms with Crippen molar-refractivity contribution in [2.24, 2.45) is 0 Å². The van der Waals surface area contributed by atoms with Crippen LogP contribution in [0.3, 0.4) is 0 Å². The summed E-state index contributed by atoms with van der Waals surface area (Å²) in [5.41, 5.74) is 2.81. The summed E-state index contributed by atoms with van der Waals surface area (Å²) in [6, 6.07) is 11.8.